The van der Waals surface area contributed by atoms with Crippen LogP contribution in [0.1, 0.15) is 0 Å². The van der Waals surface area contributed by atoms with Crippen molar-refractivity contribution < 1.29 is 0 Å². The maximum absolute atomic E-state index is 2.74. The van der Waals surface area contributed by atoms with E-state index in [2.05, 4.69) is 439 Å². The first-order chi connectivity index (χ1) is 57.1. The zero-order valence-electron chi connectivity index (χ0n) is 62.7. The highest BCUT2D eigenvalue weighted by atomic mass is 32.1. The number of benzene rings is 19. The van der Waals surface area contributed by atoms with Gasteiger partial charge in [-0.05, 0) is 189 Å². The van der Waals surface area contributed by atoms with Gasteiger partial charge < -0.3 is 14.4 Å². The summed E-state index contributed by atoms with van der Waals surface area (Å²) >= 11 is 1.88. The minimum Gasteiger partial charge on any atom is -0.310 e. The molecule has 0 fully saturated rings. The maximum atomic E-state index is 2.74. The minimum atomic E-state index is -0.335. The van der Waals surface area contributed by atoms with Crippen LogP contribution in [0.3, 0.4) is 0 Å². The van der Waals surface area contributed by atoms with Crippen molar-refractivity contribution >= 4 is 132 Å². The van der Waals surface area contributed by atoms with Gasteiger partial charge in [0.15, 0.2) is 0 Å². The molecule has 0 N–H and O–H groups in total. The summed E-state index contributed by atoms with van der Waals surface area (Å²) in [7, 11) is 0. The topological polar surface area (TPSA) is 11.4 Å². The van der Waals surface area contributed by atoms with Gasteiger partial charge in [0.1, 0.15) is 0 Å². The van der Waals surface area contributed by atoms with E-state index >= 15 is 0 Å². The summed E-state index contributed by atoms with van der Waals surface area (Å²) in [5, 5.41) is 9.77. The molecule has 2 aliphatic rings. The highest BCUT2D eigenvalue weighted by Gasteiger charge is 2.46. The summed E-state index contributed by atoms with van der Waals surface area (Å²) in [5.41, 5.74) is 34.0. The molecule has 19 aromatic carbocycles. The third-order valence-corrected chi connectivity index (χ3v) is 25.2. The molecule has 4 heterocycles. The zero-order chi connectivity index (χ0) is 75.6. The molecule has 534 valence electrons. The third-order valence-electron chi connectivity index (χ3n) is 24.1. The van der Waals surface area contributed by atoms with Crippen LogP contribution in [0.5, 0.6) is 0 Å². The average molecular weight is 1480 g/mol. The fourth-order valence-corrected chi connectivity index (χ4v) is 20.2. The van der Waals surface area contributed by atoms with E-state index in [-0.39, 0.29) is 6.71 Å². The van der Waals surface area contributed by atoms with Crippen LogP contribution in [0.2, 0.25) is 0 Å². The van der Waals surface area contributed by atoms with Crippen molar-refractivity contribution in [3.8, 4) is 106 Å². The fourth-order valence-electron chi connectivity index (χ4n) is 19.1. The molecule has 2 aliphatic heterocycles. The lowest BCUT2D eigenvalue weighted by Crippen LogP contribution is -2.61. The molecule has 2 aromatic heterocycles. The Hall–Kier alpha value is -14.6. The Labute approximate surface area is 672 Å². The van der Waals surface area contributed by atoms with Crippen molar-refractivity contribution in [2.24, 2.45) is 0 Å². The van der Waals surface area contributed by atoms with Crippen molar-refractivity contribution in [1.82, 2.24) is 4.57 Å². The summed E-state index contributed by atoms with van der Waals surface area (Å²) in [6, 6.07) is 160. The molecule has 0 aliphatic carbocycles. The molecular weight excluding hydrogens is 1410 g/mol. The fraction of sp³-hybridized carbons (Fsp3) is 0. The first kappa shape index (κ1) is 66.2. The lowest BCUT2D eigenvalue weighted by atomic mass is 9.33. The number of rotatable bonds is 12. The van der Waals surface area contributed by atoms with Gasteiger partial charge in [-0.1, -0.05) is 352 Å². The van der Waals surface area contributed by atoms with E-state index in [0.717, 1.165) is 129 Å². The largest absolute Gasteiger partial charge is 0.310 e. The number of aromatic nitrogens is 1. The van der Waals surface area contributed by atoms with E-state index in [1.54, 1.807) is 0 Å². The number of hydrogen-bond acceptors (Lipinski definition) is 3. The Morgan fingerprint density at radius 3 is 1.03 bits per heavy atom. The standard InChI is InChI=1S/C110H70BN3S/c1-8-32-71(33-9-1)81-62-92(73-36-12-3-13-37-73)109(93(63-81)74-38-14-4-15-39-74)113-100-61-58-78(79-56-59-87-86-48-28-31-55-104(86)115-105(87)68-79)66-97(100)111-96-60-57-80(107-90-51-24-22-49-88(90)106(77-44-20-7-21-45-77)89-50-23-25-52-91(89)107)67-101(96)114(103-70-83(69-102(113)108(103)111)112-98-53-29-26-46-84(98)85-47-27-30-54-99(85)112)110-94(75-40-16-5-17-41-75)64-82(72-34-10-2-11-35-72)65-95(110)76-42-18-6-19-43-76/h1-70H. The molecule has 0 radical (unpaired) electrons. The van der Waals surface area contributed by atoms with Crippen molar-refractivity contribution in [1.29, 1.82) is 0 Å². The maximum Gasteiger partial charge on any atom is 0.252 e. The van der Waals surface area contributed by atoms with Gasteiger partial charge >= 0.3 is 0 Å². The smallest absolute Gasteiger partial charge is 0.252 e. The van der Waals surface area contributed by atoms with Crippen LogP contribution < -0.4 is 26.2 Å². The predicted octanol–water partition coefficient (Wildman–Crippen LogP) is 28.5. The van der Waals surface area contributed by atoms with Crippen LogP contribution in [0.4, 0.5) is 34.1 Å². The Morgan fingerprint density at radius 1 is 0.200 bits per heavy atom. The van der Waals surface area contributed by atoms with Crippen molar-refractivity contribution in [3.05, 3.63) is 425 Å². The van der Waals surface area contributed by atoms with E-state index in [4.69, 9.17) is 0 Å². The van der Waals surface area contributed by atoms with Crippen molar-refractivity contribution in [2.75, 3.05) is 9.80 Å². The second-order valence-electron chi connectivity index (χ2n) is 30.5. The van der Waals surface area contributed by atoms with Crippen molar-refractivity contribution in [3.63, 3.8) is 0 Å². The Morgan fingerprint density at radius 2 is 0.557 bits per heavy atom. The third kappa shape index (κ3) is 10.8. The molecule has 0 saturated heterocycles. The van der Waals surface area contributed by atoms with E-state index in [0.29, 0.717) is 0 Å². The highest BCUT2D eigenvalue weighted by molar-refractivity contribution is 7.25. The van der Waals surface area contributed by atoms with E-state index in [1.807, 2.05) is 11.3 Å². The molecule has 0 spiro atoms. The van der Waals surface area contributed by atoms with Gasteiger partial charge in [0.2, 0.25) is 0 Å². The van der Waals surface area contributed by atoms with Crippen LogP contribution in [-0.4, -0.2) is 11.3 Å². The molecule has 0 saturated carbocycles. The Kier molecular flexibility index (Phi) is 15.6. The molecule has 0 unspecified atom stereocenters. The minimum absolute atomic E-state index is 0.335. The summed E-state index contributed by atoms with van der Waals surface area (Å²) in [5.74, 6) is 0. The monoisotopic (exact) mass is 1480 g/mol. The van der Waals surface area contributed by atoms with E-state index in [1.165, 1.54) is 91.1 Å². The summed E-state index contributed by atoms with van der Waals surface area (Å²) < 4.78 is 5.11. The molecule has 5 heteroatoms. The second-order valence-corrected chi connectivity index (χ2v) is 31.6. The quantitative estimate of drug-likeness (QED) is 0.0892. The van der Waals surface area contributed by atoms with E-state index < -0.39 is 0 Å². The number of nitrogens with zero attached hydrogens (tertiary/aromatic N) is 3. The zero-order valence-corrected chi connectivity index (χ0v) is 63.6. The first-order valence-corrected chi connectivity index (χ1v) is 40.5. The molecular formula is C110H70BN3S. The SMILES string of the molecule is c1ccc(-c2cc(-c3ccccc3)c(N3c4ccc(-c5ccc6c(c5)sc5ccccc56)cc4B4c5ccc(-c6c7ccccc7c(-c7ccccc7)c7ccccc67)cc5N(c5c(-c6ccccc6)cc(-c6ccccc6)cc5-c5ccccc5)c5cc(-n6c7ccccc7c7ccccc76)cc3c54)c(-c3ccccc3)c2)cc1. The molecule has 0 atom stereocenters. The van der Waals surface area contributed by atoms with Gasteiger partial charge in [-0.2, -0.15) is 0 Å². The molecule has 3 nitrogen and oxygen atoms in total. The molecule has 21 aromatic rings. The van der Waals surface area contributed by atoms with Crippen LogP contribution >= 0.6 is 11.3 Å². The number of para-hydroxylation sites is 2. The van der Waals surface area contributed by atoms with Gasteiger partial charge in [-0.25, -0.2) is 0 Å². The van der Waals surface area contributed by atoms with Crippen LogP contribution in [-0.2, 0) is 0 Å². The van der Waals surface area contributed by atoms with Crippen molar-refractivity contribution in [2.45, 2.75) is 0 Å². The summed E-state index contributed by atoms with van der Waals surface area (Å²) in [6.07, 6.45) is 0. The van der Waals surface area contributed by atoms with Gasteiger partial charge in [-0.3, -0.25) is 0 Å². The molecule has 0 amide bonds. The predicted molar refractivity (Wildman–Crippen MR) is 492 cm³/mol. The average Bonchev–Trinajstić information content (AvgIpc) is 1.10. The number of fused-ring (bicyclic) bond motifs is 12. The van der Waals surface area contributed by atoms with Crippen LogP contribution in [0.15, 0.2) is 425 Å². The molecule has 23 rings (SSSR count). The number of anilines is 6. The van der Waals surface area contributed by atoms with Crippen LogP contribution in [0.25, 0.3) is 169 Å². The Balaban J connectivity index is 0.916. The van der Waals surface area contributed by atoms with E-state index in [9.17, 15) is 0 Å². The number of thiophene rings is 1. The van der Waals surface area contributed by atoms with Gasteiger partial charge in [0.05, 0.1) is 28.1 Å². The normalized spacial score (nSPS) is 12.3. The highest BCUT2D eigenvalue weighted by Crippen LogP contribution is 2.57. The molecule has 0 bridgehead atoms. The summed E-state index contributed by atoms with van der Waals surface area (Å²) in [6.45, 7) is -0.335. The van der Waals surface area contributed by atoms with Gasteiger partial charge in [0, 0.05) is 75.9 Å². The number of hydrogen-bond donors (Lipinski definition) is 0. The van der Waals surface area contributed by atoms with Gasteiger partial charge in [-0.15, -0.1) is 11.3 Å². The Bertz CT molecular complexity index is 7210. The lowest BCUT2D eigenvalue weighted by Gasteiger charge is -2.46. The lowest BCUT2D eigenvalue weighted by molar-refractivity contribution is 1.16. The van der Waals surface area contributed by atoms with Crippen LogP contribution in [0, 0.1) is 0 Å². The molecule has 115 heavy (non-hydrogen) atoms. The summed E-state index contributed by atoms with van der Waals surface area (Å²) in [4.78, 5) is 5.45. The second kappa shape index (κ2) is 27.1. The van der Waals surface area contributed by atoms with Gasteiger partial charge in [0.25, 0.3) is 6.71 Å². The first-order valence-electron chi connectivity index (χ1n) is 39.7.